The van der Waals surface area contributed by atoms with Gasteiger partial charge >= 0.3 is 12.0 Å². The lowest BCUT2D eigenvalue weighted by atomic mass is 10.1. The SMILES string of the molecule is CCN(Cc1ccncc1)C(=O)N[C@@H](C(=O)O)C(C)C. The van der Waals surface area contributed by atoms with Gasteiger partial charge in [-0.25, -0.2) is 9.59 Å². The van der Waals surface area contributed by atoms with Gasteiger partial charge in [0.25, 0.3) is 0 Å². The fourth-order valence-electron chi connectivity index (χ4n) is 1.77. The summed E-state index contributed by atoms with van der Waals surface area (Å²) in [6.45, 7) is 6.30. The average Bonchev–Trinajstić information content (AvgIpc) is 2.42. The minimum Gasteiger partial charge on any atom is -0.480 e. The first-order valence-corrected chi connectivity index (χ1v) is 6.62. The van der Waals surface area contributed by atoms with Gasteiger partial charge in [0.2, 0.25) is 0 Å². The summed E-state index contributed by atoms with van der Waals surface area (Å²) in [6.07, 6.45) is 3.32. The van der Waals surface area contributed by atoms with Crippen LogP contribution >= 0.6 is 0 Å². The van der Waals surface area contributed by atoms with Gasteiger partial charge in [0, 0.05) is 25.5 Å². The van der Waals surface area contributed by atoms with Gasteiger partial charge in [0.15, 0.2) is 0 Å². The van der Waals surface area contributed by atoms with E-state index in [0.29, 0.717) is 13.1 Å². The fourth-order valence-corrected chi connectivity index (χ4v) is 1.77. The highest BCUT2D eigenvalue weighted by Crippen LogP contribution is 2.06. The number of carbonyl (C=O) groups excluding carboxylic acids is 1. The zero-order chi connectivity index (χ0) is 15.1. The van der Waals surface area contributed by atoms with Crippen molar-refractivity contribution in [2.45, 2.75) is 33.4 Å². The number of pyridine rings is 1. The molecular formula is C14H21N3O3. The largest absolute Gasteiger partial charge is 0.480 e. The van der Waals surface area contributed by atoms with Gasteiger partial charge in [0.05, 0.1) is 0 Å². The molecule has 0 bridgehead atoms. The Morgan fingerprint density at radius 2 is 1.95 bits per heavy atom. The van der Waals surface area contributed by atoms with Crippen molar-refractivity contribution in [3.05, 3.63) is 30.1 Å². The fraction of sp³-hybridized carbons (Fsp3) is 0.500. The number of carboxylic acid groups (broad SMARTS) is 1. The molecule has 0 aliphatic carbocycles. The molecule has 0 saturated carbocycles. The molecule has 6 nitrogen and oxygen atoms in total. The summed E-state index contributed by atoms with van der Waals surface area (Å²) in [7, 11) is 0. The lowest BCUT2D eigenvalue weighted by Gasteiger charge is -2.25. The highest BCUT2D eigenvalue weighted by molar-refractivity contribution is 5.82. The maximum atomic E-state index is 12.1. The van der Waals surface area contributed by atoms with Gasteiger partial charge in [0.1, 0.15) is 6.04 Å². The van der Waals surface area contributed by atoms with Gasteiger partial charge < -0.3 is 15.3 Å². The first-order chi connectivity index (χ1) is 9.45. The van der Waals surface area contributed by atoms with Crippen molar-refractivity contribution in [3.63, 3.8) is 0 Å². The van der Waals surface area contributed by atoms with E-state index >= 15 is 0 Å². The van der Waals surface area contributed by atoms with E-state index in [2.05, 4.69) is 10.3 Å². The molecule has 0 radical (unpaired) electrons. The summed E-state index contributed by atoms with van der Waals surface area (Å²) < 4.78 is 0. The highest BCUT2D eigenvalue weighted by Gasteiger charge is 2.25. The summed E-state index contributed by atoms with van der Waals surface area (Å²) in [6, 6.07) is 2.40. The molecule has 6 heteroatoms. The van der Waals surface area contributed by atoms with Crippen LogP contribution in [0.4, 0.5) is 4.79 Å². The van der Waals surface area contributed by atoms with Crippen LogP contribution < -0.4 is 5.32 Å². The molecule has 1 aromatic rings. The molecule has 2 N–H and O–H groups in total. The minimum absolute atomic E-state index is 0.170. The van der Waals surface area contributed by atoms with E-state index in [0.717, 1.165) is 5.56 Å². The second-order valence-electron chi connectivity index (χ2n) is 4.88. The maximum absolute atomic E-state index is 12.1. The second-order valence-corrected chi connectivity index (χ2v) is 4.88. The van der Waals surface area contributed by atoms with Gasteiger partial charge in [-0.05, 0) is 30.5 Å². The van der Waals surface area contributed by atoms with E-state index in [1.54, 1.807) is 31.1 Å². The standard InChI is InChI=1S/C14H21N3O3/c1-4-17(9-11-5-7-15-8-6-11)14(20)16-12(10(2)3)13(18)19/h5-8,10,12H,4,9H2,1-3H3,(H,16,20)(H,18,19)/t12-/m1/s1. The Morgan fingerprint density at radius 1 is 1.35 bits per heavy atom. The third-order valence-electron chi connectivity index (χ3n) is 3.00. The number of amides is 2. The van der Waals surface area contributed by atoms with E-state index in [9.17, 15) is 9.59 Å². The first-order valence-electron chi connectivity index (χ1n) is 6.62. The third kappa shape index (κ3) is 4.53. The number of carboxylic acids is 1. The number of aromatic nitrogens is 1. The Hall–Kier alpha value is -2.11. The van der Waals surface area contributed by atoms with Crippen molar-refractivity contribution < 1.29 is 14.7 Å². The molecule has 0 aromatic carbocycles. The summed E-state index contributed by atoms with van der Waals surface area (Å²) in [5.74, 6) is -1.19. The molecule has 110 valence electrons. The first kappa shape index (κ1) is 15.9. The van der Waals surface area contributed by atoms with Crippen LogP contribution in [0.2, 0.25) is 0 Å². The molecular weight excluding hydrogens is 258 g/mol. The van der Waals surface area contributed by atoms with Crippen LogP contribution in [-0.4, -0.2) is 39.6 Å². The normalized spacial score (nSPS) is 12.0. The average molecular weight is 279 g/mol. The maximum Gasteiger partial charge on any atom is 0.326 e. The molecule has 0 spiro atoms. The van der Waals surface area contributed by atoms with Gasteiger partial charge in [-0.1, -0.05) is 13.8 Å². The number of nitrogens with one attached hydrogen (secondary N) is 1. The Balaban J connectivity index is 2.69. The molecule has 1 atom stereocenters. The number of aliphatic carboxylic acids is 1. The number of urea groups is 1. The predicted octanol–water partition coefficient (Wildman–Crippen LogP) is 1.72. The van der Waals surface area contributed by atoms with Crippen LogP contribution in [0.5, 0.6) is 0 Å². The van der Waals surface area contributed by atoms with Crippen molar-refractivity contribution in [2.75, 3.05) is 6.54 Å². The number of hydrogen-bond acceptors (Lipinski definition) is 3. The van der Waals surface area contributed by atoms with Crippen LogP contribution in [0.1, 0.15) is 26.3 Å². The molecule has 0 saturated heterocycles. The van der Waals surface area contributed by atoms with Crippen LogP contribution in [0, 0.1) is 5.92 Å². The molecule has 1 aromatic heterocycles. The van der Waals surface area contributed by atoms with E-state index in [1.807, 2.05) is 19.1 Å². The minimum atomic E-state index is -1.02. The van der Waals surface area contributed by atoms with Gasteiger partial charge in [-0.2, -0.15) is 0 Å². The topological polar surface area (TPSA) is 82.5 Å². The Kier molecular flexibility index (Phi) is 5.96. The molecule has 0 aliphatic heterocycles. The van der Waals surface area contributed by atoms with Crippen LogP contribution in [-0.2, 0) is 11.3 Å². The van der Waals surface area contributed by atoms with Crippen molar-refractivity contribution in [2.24, 2.45) is 5.92 Å². The Morgan fingerprint density at radius 3 is 2.40 bits per heavy atom. The summed E-state index contributed by atoms with van der Waals surface area (Å²) >= 11 is 0. The predicted molar refractivity (Wildman–Crippen MR) is 75.1 cm³/mol. The summed E-state index contributed by atoms with van der Waals surface area (Å²) in [4.78, 5) is 28.7. The number of carbonyl (C=O) groups is 2. The molecule has 0 unspecified atom stereocenters. The van der Waals surface area contributed by atoms with Crippen molar-refractivity contribution in [3.8, 4) is 0 Å². The smallest absolute Gasteiger partial charge is 0.326 e. The Labute approximate surface area is 118 Å². The summed E-state index contributed by atoms with van der Waals surface area (Å²) in [5.41, 5.74) is 0.952. The molecule has 1 heterocycles. The van der Waals surface area contributed by atoms with E-state index in [1.165, 1.54) is 0 Å². The molecule has 0 aliphatic rings. The van der Waals surface area contributed by atoms with Crippen molar-refractivity contribution in [1.82, 2.24) is 15.2 Å². The van der Waals surface area contributed by atoms with Gasteiger partial charge in [-0.15, -0.1) is 0 Å². The zero-order valence-corrected chi connectivity index (χ0v) is 12.0. The highest BCUT2D eigenvalue weighted by atomic mass is 16.4. The second kappa shape index (κ2) is 7.47. The lowest BCUT2D eigenvalue weighted by Crippen LogP contribution is -2.49. The van der Waals surface area contributed by atoms with Crippen LogP contribution in [0.15, 0.2) is 24.5 Å². The van der Waals surface area contributed by atoms with Gasteiger partial charge in [-0.3, -0.25) is 4.98 Å². The van der Waals surface area contributed by atoms with E-state index < -0.39 is 12.0 Å². The van der Waals surface area contributed by atoms with Crippen LogP contribution in [0.3, 0.4) is 0 Å². The van der Waals surface area contributed by atoms with Crippen molar-refractivity contribution in [1.29, 1.82) is 0 Å². The zero-order valence-electron chi connectivity index (χ0n) is 12.0. The summed E-state index contributed by atoms with van der Waals surface area (Å²) in [5, 5.41) is 11.7. The van der Waals surface area contributed by atoms with E-state index in [-0.39, 0.29) is 11.9 Å². The quantitative estimate of drug-likeness (QED) is 0.830. The number of hydrogen-bond donors (Lipinski definition) is 2. The Bertz CT molecular complexity index is 448. The van der Waals surface area contributed by atoms with Crippen LogP contribution in [0.25, 0.3) is 0 Å². The third-order valence-corrected chi connectivity index (χ3v) is 3.00. The molecule has 2 amide bonds. The number of nitrogens with zero attached hydrogens (tertiary/aromatic N) is 2. The van der Waals surface area contributed by atoms with Crippen molar-refractivity contribution >= 4 is 12.0 Å². The van der Waals surface area contributed by atoms with E-state index in [4.69, 9.17) is 5.11 Å². The molecule has 20 heavy (non-hydrogen) atoms. The molecule has 0 fully saturated rings. The number of rotatable bonds is 6. The monoisotopic (exact) mass is 279 g/mol. The molecule has 1 rings (SSSR count). The lowest BCUT2D eigenvalue weighted by molar-refractivity contribution is -0.140.